The molecule has 0 bridgehead atoms. The zero-order valence-corrected chi connectivity index (χ0v) is 19.3. The van der Waals surface area contributed by atoms with Gasteiger partial charge in [-0.05, 0) is 42.8 Å². The molecule has 0 spiro atoms. The van der Waals surface area contributed by atoms with Gasteiger partial charge >= 0.3 is 0 Å². The van der Waals surface area contributed by atoms with E-state index in [2.05, 4.69) is 15.6 Å². The minimum Gasteiger partial charge on any atom is -0.497 e. The largest absolute Gasteiger partial charge is 0.497 e. The van der Waals surface area contributed by atoms with Gasteiger partial charge in [-0.1, -0.05) is 30.8 Å². The van der Waals surface area contributed by atoms with Crippen molar-refractivity contribution in [3.05, 3.63) is 70.0 Å². The van der Waals surface area contributed by atoms with E-state index in [4.69, 9.17) is 9.72 Å². The highest BCUT2D eigenvalue weighted by molar-refractivity contribution is 7.98. The SMILES string of the molecule is CCCn1c(=O)c2ccccc2n2c(SCc3csc(-c4ccc(OC)cc4)n3)nnc12. The lowest BCUT2D eigenvalue weighted by Gasteiger charge is -2.10. The number of rotatable bonds is 7. The summed E-state index contributed by atoms with van der Waals surface area (Å²) in [4.78, 5) is 17.7. The molecule has 3 aromatic heterocycles. The molecule has 0 saturated carbocycles. The van der Waals surface area contributed by atoms with Crippen LogP contribution >= 0.6 is 23.1 Å². The first-order valence-electron chi connectivity index (χ1n) is 10.3. The number of hydrogen-bond acceptors (Lipinski definition) is 7. The molecule has 0 aliphatic rings. The Morgan fingerprint density at radius 3 is 2.69 bits per heavy atom. The molecule has 0 saturated heterocycles. The van der Waals surface area contributed by atoms with Crippen LogP contribution in [0, 0.1) is 0 Å². The van der Waals surface area contributed by atoms with E-state index in [0.717, 1.165) is 39.1 Å². The summed E-state index contributed by atoms with van der Waals surface area (Å²) in [5.41, 5.74) is 2.84. The summed E-state index contributed by atoms with van der Waals surface area (Å²) in [6.07, 6.45) is 0.843. The molecule has 0 amide bonds. The van der Waals surface area contributed by atoms with Gasteiger partial charge in [0.15, 0.2) is 5.16 Å². The van der Waals surface area contributed by atoms with Crippen LogP contribution in [0.25, 0.3) is 27.3 Å². The van der Waals surface area contributed by atoms with Crippen LogP contribution in [-0.4, -0.2) is 31.3 Å². The third-order valence-corrected chi connectivity index (χ3v) is 7.07. The lowest BCUT2D eigenvalue weighted by atomic mass is 10.2. The molecule has 0 N–H and O–H groups in total. The smallest absolute Gasteiger partial charge is 0.262 e. The molecule has 0 aliphatic heterocycles. The van der Waals surface area contributed by atoms with Crippen molar-refractivity contribution in [2.75, 3.05) is 7.11 Å². The molecule has 9 heteroatoms. The molecule has 0 aliphatic carbocycles. The zero-order chi connectivity index (χ0) is 22.1. The number of aromatic nitrogens is 5. The summed E-state index contributed by atoms with van der Waals surface area (Å²) in [6, 6.07) is 15.5. The lowest BCUT2D eigenvalue weighted by molar-refractivity contribution is 0.415. The number of para-hydroxylation sites is 1. The molecule has 0 unspecified atom stereocenters. The van der Waals surface area contributed by atoms with Crippen LogP contribution in [0.4, 0.5) is 0 Å². The second-order valence-electron chi connectivity index (χ2n) is 7.25. The Bertz CT molecular complexity index is 1450. The number of nitrogens with zero attached hydrogens (tertiary/aromatic N) is 5. The van der Waals surface area contributed by atoms with Crippen LogP contribution in [-0.2, 0) is 12.3 Å². The van der Waals surface area contributed by atoms with E-state index in [1.807, 2.05) is 59.9 Å². The number of benzene rings is 2. The average Bonchev–Trinajstić information content (AvgIpc) is 3.48. The van der Waals surface area contributed by atoms with Crippen molar-refractivity contribution in [1.82, 2.24) is 24.1 Å². The van der Waals surface area contributed by atoms with Crippen LogP contribution in [0.15, 0.2) is 63.9 Å². The number of aryl methyl sites for hydroxylation is 1. The molecule has 5 rings (SSSR count). The van der Waals surface area contributed by atoms with E-state index in [1.54, 1.807) is 34.8 Å². The van der Waals surface area contributed by atoms with Gasteiger partial charge in [-0.25, -0.2) is 4.98 Å². The number of thioether (sulfide) groups is 1. The Balaban J connectivity index is 1.46. The third-order valence-electron chi connectivity index (χ3n) is 5.16. The zero-order valence-electron chi connectivity index (χ0n) is 17.7. The number of thiazole rings is 1. The van der Waals surface area contributed by atoms with Gasteiger partial charge in [-0.2, -0.15) is 0 Å². The standard InChI is InChI=1S/C23H21N5O2S2/c1-3-12-27-21(29)18-6-4-5-7-19(18)28-22(27)25-26-23(28)32-14-16-13-31-20(24-16)15-8-10-17(30-2)11-9-15/h4-11,13H,3,12,14H2,1-2H3. The summed E-state index contributed by atoms with van der Waals surface area (Å²) in [5.74, 6) is 2.07. The van der Waals surface area contributed by atoms with Gasteiger partial charge in [-0.15, -0.1) is 21.5 Å². The molecule has 32 heavy (non-hydrogen) atoms. The van der Waals surface area contributed by atoms with Crippen LogP contribution in [0.1, 0.15) is 19.0 Å². The van der Waals surface area contributed by atoms with Crippen molar-refractivity contribution >= 4 is 39.8 Å². The molecule has 0 fully saturated rings. The van der Waals surface area contributed by atoms with Crippen molar-refractivity contribution in [3.63, 3.8) is 0 Å². The van der Waals surface area contributed by atoms with E-state index in [1.165, 1.54) is 0 Å². The van der Waals surface area contributed by atoms with Crippen molar-refractivity contribution in [2.45, 2.75) is 30.8 Å². The minimum atomic E-state index is -0.0254. The maximum Gasteiger partial charge on any atom is 0.262 e. The van der Waals surface area contributed by atoms with Crippen LogP contribution in [0.5, 0.6) is 5.75 Å². The van der Waals surface area contributed by atoms with Crippen molar-refractivity contribution < 1.29 is 4.74 Å². The number of hydrogen-bond donors (Lipinski definition) is 0. The number of fused-ring (bicyclic) bond motifs is 3. The molecule has 162 valence electrons. The Morgan fingerprint density at radius 1 is 1.09 bits per heavy atom. The second-order valence-corrected chi connectivity index (χ2v) is 9.05. The Labute approximate surface area is 192 Å². The number of ether oxygens (including phenoxy) is 1. The molecule has 5 aromatic rings. The molecular formula is C23H21N5O2S2. The summed E-state index contributed by atoms with van der Waals surface area (Å²) in [5, 5.41) is 13.2. The van der Waals surface area contributed by atoms with Gasteiger partial charge in [0.05, 0.1) is 23.7 Å². The quantitative estimate of drug-likeness (QED) is 0.320. The van der Waals surface area contributed by atoms with E-state index >= 15 is 0 Å². The Kier molecular flexibility index (Phi) is 5.67. The lowest BCUT2D eigenvalue weighted by Crippen LogP contribution is -2.23. The fraction of sp³-hybridized carbons (Fsp3) is 0.217. The molecule has 2 aromatic carbocycles. The maximum absolute atomic E-state index is 13.0. The predicted octanol–water partition coefficient (Wildman–Crippen LogP) is 4.88. The summed E-state index contributed by atoms with van der Waals surface area (Å²) in [6.45, 7) is 2.65. The fourth-order valence-electron chi connectivity index (χ4n) is 3.63. The minimum absolute atomic E-state index is 0.0254. The molecule has 3 heterocycles. The third kappa shape index (κ3) is 3.67. The van der Waals surface area contributed by atoms with Crippen LogP contribution in [0.2, 0.25) is 0 Å². The van der Waals surface area contributed by atoms with E-state index in [-0.39, 0.29) is 5.56 Å². The molecular weight excluding hydrogens is 442 g/mol. The summed E-state index contributed by atoms with van der Waals surface area (Å²) in [7, 11) is 1.66. The average molecular weight is 464 g/mol. The fourth-order valence-corrected chi connectivity index (χ4v) is 5.39. The van der Waals surface area contributed by atoms with E-state index in [0.29, 0.717) is 23.5 Å². The van der Waals surface area contributed by atoms with Crippen molar-refractivity contribution in [1.29, 1.82) is 0 Å². The van der Waals surface area contributed by atoms with Crippen LogP contribution < -0.4 is 10.3 Å². The van der Waals surface area contributed by atoms with Gasteiger partial charge < -0.3 is 4.74 Å². The Morgan fingerprint density at radius 2 is 1.91 bits per heavy atom. The van der Waals surface area contributed by atoms with Crippen molar-refractivity contribution in [3.8, 4) is 16.3 Å². The summed E-state index contributed by atoms with van der Waals surface area (Å²) >= 11 is 3.19. The molecule has 7 nitrogen and oxygen atoms in total. The van der Waals surface area contributed by atoms with Crippen molar-refractivity contribution in [2.24, 2.45) is 0 Å². The Hall–Kier alpha value is -3.17. The van der Waals surface area contributed by atoms with Gasteiger partial charge in [0.25, 0.3) is 5.56 Å². The van der Waals surface area contributed by atoms with Gasteiger partial charge in [0.2, 0.25) is 5.78 Å². The topological polar surface area (TPSA) is 74.3 Å². The van der Waals surface area contributed by atoms with Gasteiger partial charge in [0.1, 0.15) is 10.8 Å². The number of methoxy groups -OCH3 is 1. The molecule has 0 atom stereocenters. The first kappa shape index (κ1) is 20.7. The normalized spacial score (nSPS) is 11.4. The monoisotopic (exact) mass is 463 g/mol. The highest BCUT2D eigenvalue weighted by Gasteiger charge is 2.17. The van der Waals surface area contributed by atoms with Gasteiger partial charge in [-0.3, -0.25) is 13.8 Å². The predicted molar refractivity (Wildman–Crippen MR) is 129 cm³/mol. The maximum atomic E-state index is 13.0. The highest BCUT2D eigenvalue weighted by atomic mass is 32.2. The van der Waals surface area contributed by atoms with E-state index in [9.17, 15) is 4.79 Å². The first-order valence-corrected chi connectivity index (χ1v) is 12.1. The summed E-state index contributed by atoms with van der Waals surface area (Å²) < 4.78 is 8.92. The highest BCUT2D eigenvalue weighted by Crippen LogP contribution is 2.29. The van der Waals surface area contributed by atoms with Crippen LogP contribution in [0.3, 0.4) is 0 Å². The second kappa shape index (κ2) is 8.76. The van der Waals surface area contributed by atoms with Gasteiger partial charge in [0, 0.05) is 23.2 Å². The molecule has 0 radical (unpaired) electrons. The van der Waals surface area contributed by atoms with E-state index < -0.39 is 0 Å². The first-order chi connectivity index (χ1) is 15.7.